The fourth-order valence-corrected chi connectivity index (χ4v) is 2.94. The third-order valence-corrected chi connectivity index (χ3v) is 4.34. The molecule has 0 bridgehead atoms. The summed E-state index contributed by atoms with van der Waals surface area (Å²) in [6.45, 7) is 2.25. The molecule has 20 heavy (non-hydrogen) atoms. The van der Waals surface area contributed by atoms with Crippen molar-refractivity contribution in [2.24, 2.45) is 0 Å². The van der Waals surface area contributed by atoms with Crippen LogP contribution in [-0.4, -0.2) is 30.1 Å². The number of hydrogen-bond donors (Lipinski definition) is 3. The van der Waals surface area contributed by atoms with Crippen LogP contribution in [0.3, 0.4) is 0 Å². The van der Waals surface area contributed by atoms with Gasteiger partial charge in [-0.05, 0) is 37.5 Å². The van der Waals surface area contributed by atoms with Crippen molar-refractivity contribution in [3.8, 4) is 0 Å². The number of aryl methyl sites for hydroxylation is 2. The number of hydrogen-bond acceptors (Lipinski definition) is 5. The predicted molar refractivity (Wildman–Crippen MR) is 75.5 cm³/mol. The summed E-state index contributed by atoms with van der Waals surface area (Å²) in [6.07, 6.45) is 4.58. The molecule has 0 saturated heterocycles. The van der Waals surface area contributed by atoms with Gasteiger partial charge in [0.1, 0.15) is 0 Å². The van der Waals surface area contributed by atoms with E-state index in [0.29, 0.717) is 13.0 Å². The maximum absolute atomic E-state index is 12.0. The van der Waals surface area contributed by atoms with Crippen LogP contribution in [0.5, 0.6) is 0 Å². The molecule has 2 aromatic rings. The second-order valence-corrected chi connectivity index (χ2v) is 6.10. The highest BCUT2D eigenvalue weighted by molar-refractivity contribution is 7.89. The molecule has 0 unspecified atom stereocenters. The van der Waals surface area contributed by atoms with Gasteiger partial charge in [0.05, 0.1) is 11.9 Å². The van der Waals surface area contributed by atoms with Crippen LogP contribution in [0, 0.1) is 6.92 Å². The van der Waals surface area contributed by atoms with Gasteiger partial charge in [0.2, 0.25) is 0 Å². The maximum Gasteiger partial charge on any atom is 0.260 e. The largest absolute Gasteiger partial charge is 0.396 e. The first-order valence-corrected chi connectivity index (χ1v) is 7.68. The van der Waals surface area contributed by atoms with Gasteiger partial charge in [-0.15, -0.1) is 0 Å². The Labute approximate surface area is 117 Å². The molecule has 0 amide bonds. The van der Waals surface area contributed by atoms with Gasteiger partial charge < -0.3 is 5.73 Å². The molecule has 8 heteroatoms. The fourth-order valence-electron chi connectivity index (χ4n) is 1.81. The number of nitrogen functional groups attached to an aromatic ring is 1. The zero-order valence-electron chi connectivity index (χ0n) is 11.1. The molecule has 7 nitrogen and oxygen atoms in total. The number of pyridine rings is 1. The molecular weight excluding hydrogens is 278 g/mol. The number of nitrogens with zero attached hydrogens (tertiary/aromatic N) is 2. The summed E-state index contributed by atoms with van der Waals surface area (Å²) in [6, 6.07) is 3.10. The van der Waals surface area contributed by atoms with Gasteiger partial charge in [-0.1, -0.05) is 0 Å². The Hall–Kier alpha value is -1.93. The van der Waals surface area contributed by atoms with Crippen LogP contribution in [0.25, 0.3) is 0 Å². The van der Waals surface area contributed by atoms with Gasteiger partial charge in [-0.25, -0.2) is 18.1 Å². The van der Waals surface area contributed by atoms with Crippen LogP contribution < -0.4 is 10.5 Å². The van der Waals surface area contributed by atoms with Crippen molar-refractivity contribution in [3.63, 3.8) is 0 Å². The molecule has 0 aromatic carbocycles. The molecule has 2 rings (SSSR count). The molecule has 0 aliphatic carbocycles. The summed E-state index contributed by atoms with van der Waals surface area (Å²) in [5.74, 6) is 0. The molecule has 0 spiro atoms. The Morgan fingerprint density at radius 1 is 1.45 bits per heavy atom. The van der Waals surface area contributed by atoms with Crippen molar-refractivity contribution < 1.29 is 8.42 Å². The Balaban J connectivity index is 1.91. The van der Waals surface area contributed by atoms with E-state index >= 15 is 0 Å². The summed E-state index contributed by atoms with van der Waals surface area (Å²) in [4.78, 5) is 3.80. The number of H-pyrrole nitrogens is 1. The van der Waals surface area contributed by atoms with Gasteiger partial charge in [0, 0.05) is 18.4 Å². The topological polar surface area (TPSA) is 114 Å². The molecule has 0 saturated carbocycles. The molecule has 0 atom stereocenters. The minimum Gasteiger partial charge on any atom is -0.396 e. The number of aromatic amines is 1. The second kappa shape index (κ2) is 6.02. The number of anilines is 1. The molecule has 108 valence electrons. The number of nitrogens with one attached hydrogen (secondary N) is 2. The Bertz CT molecular complexity index is 681. The van der Waals surface area contributed by atoms with Crippen molar-refractivity contribution in [1.29, 1.82) is 0 Å². The smallest absolute Gasteiger partial charge is 0.260 e. The quantitative estimate of drug-likeness (QED) is 0.675. The normalized spacial score (nSPS) is 11.7. The monoisotopic (exact) mass is 295 g/mol. The molecule has 2 aromatic heterocycles. The van der Waals surface area contributed by atoms with Gasteiger partial charge in [0.25, 0.3) is 10.0 Å². The van der Waals surface area contributed by atoms with Crippen LogP contribution >= 0.6 is 0 Å². The highest BCUT2D eigenvalue weighted by Crippen LogP contribution is 2.13. The zero-order chi connectivity index (χ0) is 14.6. The summed E-state index contributed by atoms with van der Waals surface area (Å²) >= 11 is 0. The summed E-state index contributed by atoms with van der Waals surface area (Å²) < 4.78 is 26.5. The van der Waals surface area contributed by atoms with Crippen molar-refractivity contribution in [2.45, 2.75) is 24.8 Å². The van der Waals surface area contributed by atoms with Crippen molar-refractivity contribution >= 4 is 15.7 Å². The molecule has 0 aliphatic rings. The lowest BCUT2D eigenvalue weighted by Crippen LogP contribution is -2.26. The molecular formula is C12H17N5O2S. The maximum atomic E-state index is 12.0. The minimum atomic E-state index is -3.65. The first-order valence-electron chi connectivity index (χ1n) is 6.19. The van der Waals surface area contributed by atoms with Crippen LogP contribution in [0.15, 0.2) is 29.6 Å². The second-order valence-electron chi connectivity index (χ2n) is 4.42. The number of nitrogens with two attached hydrogens (primary N) is 1. The van der Waals surface area contributed by atoms with Crippen LogP contribution in [0.2, 0.25) is 0 Å². The molecule has 0 fully saturated rings. The van der Waals surface area contributed by atoms with Crippen LogP contribution in [0.4, 0.5) is 5.69 Å². The first kappa shape index (κ1) is 14.5. The lowest BCUT2D eigenvalue weighted by Gasteiger charge is -2.07. The van der Waals surface area contributed by atoms with E-state index in [0.717, 1.165) is 17.7 Å². The van der Waals surface area contributed by atoms with Crippen molar-refractivity contribution in [1.82, 2.24) is 19.9 Å². The van der Waals surface area contributed by atoms with Crippen LogP contribution in [0.1, 0.15) is 17.7 Å². The van der Waals surface area contributed by atoms with E-state index in [9.17, 15) is 8.42 Å². The Morgan fingerprint density at radius 2 is 2.25 bits per heavy atom. The molecule has 0 radical (unpaired) electrons. The Kier molecular flexibility index (Phi) is 4.35. The van der Waals surface area contributed by atoms with Gasteiger partial charge in [0.15, 0.2) is 5.03 Å². The zero-order valence-corrected chi connectivity index (χ0v) is 11.9. The number of rotatable bonds is 6. The average molecular weight is 295 g/mol. The minimum absolute atomic E-state index is 0.125. The highest BCUT2D eigenvalue weighted by Gasteiger charge is 2.17. The highest BCUT2D eigenvalue weighted by atomic mass is 32.2. The van der Waals surface area contributed by atoms with E-state index in [1.54, 1.807) is 12.3 Å². The predicted octanol–water partition coefficient (Wildman–Crippen LogP) is 0.606. The van der Waals surface area contributed by atoms with E-state index in [2.05, 4.69) is 19.9 Å². The Morgan fingerprint density at radius 3 is 2.90 bits per heavy atom. The standard InChI is InChI=1S/C12H17N5O2S/c1-9-10(8-15-17-9)4-2-7-16-20(18,19)12-11(13)5-3-6-14-12/h3,5-6,8,16H,2,4,7,13H2,1H3,(H,15,17). The van der Waals surface area contributed by atoms with E-state index in [-0.39, 0.29) is 10.7 Å². The number of aromatic nitrogens is 3. The third-order valence-electron chi connectivity index (χ3n) is 2.90. The third kappa shape index (κ3) is 3.34. The summed E-state index contributed by atoms with van der Waals surface area (Å²) in [7, 11) is -3.65. The van der Waals surface area contributed by atoms with Gasteiger partial charge in [-0.2, -0.15) is 5.10 Å². The molecule has 4 N–H and O–H groups in total. The van der Waals surface area contributed by atoms with Crippen molar-refractivity contribution in [2.75, 3.05) is 12.3 Å². The molecule has 2 heterocycles. The van der Waals surface area contributed by atoms with E-state index in [1.165, 1.54) is 12.3 Å². The van der Waals surface area contributed by atoms with Gasteiger partial charge in [-0.3, -0.25) is 5.10 Å². The van der Waals surface area contributed by atoms with Crippen molar-refractivity contribution in [3.05, 3.63) is 35.8 Å². The van der Waals surface area contributed by atoms with Gasteiger partial charge >= 0.3 is 0 Å². The van der Waals surface area contributed by atoms with Crippen LogP contribution in [-0.2, 0) is 16.4 Å². The summed E-state index contributed by atoms with van der Waals surface area (Å²) in [5.41, 5.74) is 7.84. The first-order chi connectivity index (χ1) is 9.50. The SMILES string of the molecule is Cc1[nH]ncc1CCCNS(=O)(=O)c1ncccc1N. The summed E-state index contributed by atoms with van der Waals surface area (Å²) in [5, 5.41) is 6.64. The number of sulfonamides is 1. The van der Waals surface area contributed by atoms with E-state index in [4.69, 9.17) is 5.73 Å². The van der Waals surface area contributed by atoms with E-state index in [1.807, 2.05) is 6.92 Å². The molecule has 0 aliphatic heterocycles. The van der Waals surface area contributed by atoms with E-state index < -0.39 is 10.0 Å². The lowest BCUT2D eigenvalue weighted by molar-refractivity contribution is 0.575. The fraction of sp³-hybridized carbons (Fsp3) is 0.333. The lowest BCUT2D eigenvalue weighted by atomic mass is 10.1. The average Bonchev–Trinajstić information content (AvgIpc) is 2.81.